The Morgan fingerprint density at radius 2 is 2.05 bits per heavy atom. The Labute approximate surface area is 128 Å². The normalized spacial score (nSPS) is 11.7. The van der Waals surface area contributed by atoms with Crippen molar-refractivity contribution in [2.24, 2.45) is 0 Å². The monoisotopic (exact) mass is 304 g/mol. The number of aromatic nitrogens is 3. The van der Waals surface area contributed by atoms with Crippen LogP contribution in [-0.2, 0) is 13.1 Å². The molecule has 3 aromatic rings. The Morgan fingerprint density at radius 3 is 2.76 bits per heavy atom. The van der Waals surface area contributed by atoms with E-state index in [-0.39, 0.29) is 0 Å². The summed E-state index contributed by atoms with van der Waals surface area (Å²) >= 11 is 5.99. The van der Waals surface area contributed by atoms with E-state index in [1.165, 1.54) is 0 Å². The molecule has 0 radical (unpaired) electrons. The first-order valence-electron chi connectivity index (χ1n) is 6.76. The lowest BCUT2D eigenvalue weighted by molar-refractivity contribution is 0.311. The van der Waals surface area contributed by atoms with Gasteiger partial charge in [0.05, 0.1) is 16.4 Å². The van der Waals surface area contributed by atoms with Crippen LogP contribution in [0.4, 0.5) is 0 Å². The summed E-state index contributed by atoms with van der Waals surface area (Å²) in [5, 5.41) is 4.69. The van der Waals surface area contributed by atoms with Crippen molar-refractivity contribution in [1.29, 1.82) is 0 Å². The van der Waals surface area contributed by atoms with Crippen LogP contribution >= 0.6 is 11.6 Å². The van der Waals surface area contributed by atoms with E-state index < -0.39 is 0 Å². The predicted octanol–water partition coefficient (Wildman–Crippen LogP) is 3.22. The van der Waals surface area contributed by atoms with Gasteiger partial charge in [-0.05, 0) is 33.0 Å². The third-order valence-electron chi connectivity index (χ3n) is 3.51. The van der Waals surface area contributed by atoms with Crippen molar-refractivity contribution in [2.75, 3.05) is 7.05 Å². The second-order valence-corrected chi connectivity index (χ2v) is 5.76. The van der Waals surface area contributed by atoms with Crippen molar-refractivity contribution in [2.45, 2.75) is 26.9 Å². The lowest BCUT2D eigenvalue weighted by atomic mass is 10.2. The van der Waals surface area contributed by atoms with Crippen molar-refractivity contribution in [3.63, 3.8) is 0 Å². The van der Waals surface area contributed by atoms with Crippen molar-refractivity contribution in [3.05, 3.63) is 52.3 Å². The van der Waals surface area contributed by atoms with Crippen LogP contribution in [0.5, 0.6) is 0 Å². The van der Waals surface area contributed by atoms with E-state index in [0.29, 0.717) is 5.02 Å². The van der Waals surface area contributed by atoms with Gasteiger partial charge >= 0.3 is 0 Å². The van der Waals surface area contributed by atoms with E-state index in [4.69, 9.17) is 16.1 Å². The summed E-state index contributed by atoms with van der Waals surface area (Å²) in [7, 11) is 2.06. The molecule has 0 spiro atoms. The molecule has 0 saturated heterocycles. The summed E-state index contributed by atoms with van der Waals surface area (Å²) in [6, 6.07) is 3.77. The van der Waals surface area contributed by atoms with E-state index in [1.54, 1.807) is 0 Å². The average Bonchev–Trinajstić information content (AvgIpc) is 2.95. The number of nitrogens with zero attached hydrogens (tertiary/aromatic N) is 4. The minimum absolute atomic E-state index is 0.704. The molecule has 0 aliphatic carbocycles. The highest BCUT2D eigenvalue weighted by atomic mass is 35.5. The lowest BCUT2D eigenvalue weighted by Crippen LogP contribution is -2.18. The molecule has 0 unspecified atom stereocenters. The van der Waals surface area contributed by atoms with Crippen molar-refractivity contribution < 1.29 is 4.52 Å². The number of aryl methyl sites for hydroxylation is 2. The molecule has 0 fully saturated rings. The summed E-state index contributed by atoms with van der Waals surface area (Å²) in [5.74, 6) is 0.876. The van der Waals surface area contributed by atoms with E-state index in [0.717, 1.165) is 41.4 Å². The zero-order valence-corrected chi connectivity index (χ0v) is 13.1. The molecular formula is C15H17ClN4O. The Hall–Kier alpha value is -1.85. The average molecular weight is 305 g/mol. The summed E-state index contributed by atoms with van der Waals surface area (Å²) < 4.78 is 7.14. The fourth-order valence-electron chi connectivity index (χ4n) is 2.42. The second kappa shape index (κ2) is 5.50. The molecule has 110 valence electrons. The Morgan fingerprint density at radius 1 is 1.24 bits per heavy atom. The van der Waals surface area contributed by atoms with E-state index in [2.05, 4.69) is 22.1 Å². The Bertz CT molecular complexity index is 758. The molecular weight excluding hydrogens is 288 g/mol. The largest absolute Gasteiger partial charge is 0.361 e. The second-order valence-electron chi connectivity index (χ2n) is 5.32. The van der Waals surface area contributed by atoms with Crippen LogP contribution in [-0.4, -0.2) is 26.5 Å². The standard InChI is InChI=1S/C15H17ClN4O/c1-10-14(11(2)21-18-10)9-19(3)7-13-8-20-6-12(16)4-5-15(20)17-13/h4-6,8H,7,9H2,1-3H3. The molecule has 0 aliphatic heterocycles. The zero-order valence-electron chi connectivity index (χ0n) is 12.3. The van der Waals surface area contributed by atoms with Crippen LogP contribution in [0.3, 0.4) is 0 Å². The van der Waals surface area contributed by atoms with Crippen LogP contribution in [0.2, 0.25) is 5.02 Å². The number of pyridine rings is 1. The van der Waals surface area contributed by atoms with Gasteiger partial charge in [0, 0.05) is 31.0 Å². The number of imidazole rings is 1. The van der Waals surface area contributed by atoms with Gasteiger partial charge in [-0.1, -0.05) is 16.8 Å². The highest BCUT2D eigenvalue weighted by Crippen LogP contribution is 2.16. The minimum atomic E-state index is 0.704. The molecule has 0 bridgehead atoms. The highest BCUT2D eigenvalue weighted by Gasteiger charge is 2.12. The summed E-state index contributed by atoms with van der Waals surface area (Å²) in [4.78, 5) is 6.78. The predicted molar refractivity (Wildman–Crippen MR) is 81.4 cm³/mol. The van der Waals surface area contributed by atoms with Gasteiger partial charge in [0.15, 0.2) is 0 Å². The Balaban J connectivity index is 1.75. The van der Waals surface area contributed by atoms with E-state index in [9.17, 15) is 0 Å². The molecule has 0 aliphatic rings. The molecule has 0 atom stereocenters. The maximum Gasteiger partial charge on any atom is 0.138 e. The third kappa shape index (κ3) is 2.94. The number of rotatable bonds is 4. The van der Waals surface area contributed by atoms with Crippen LogP contribution in [0.15, 0.2) is 29.0 Å². The first kappa shape index (κ1) is 14.1. The topological polar surface area (TPSA) is 46.6 Å². The summed E-state index contributed by atoms with van der Waals surface area (Å²) in [5.41, 5.74) is 4.00. The number of hydrogen-bond acceptors (Lipinski definition) is 4. The first-order chi connectivity index (χ1) is 10.0. The highest BCUT2D eigenvalue weighted by molar-refractivity contribution is 6.30. The van der Waals surface area contributed by atoms with E-state index in [1.807, 2.05) is 42.8 Å². The summed E-state index contributed by atoms with van der Waals surface area (Å²) in [6.07, 6.45) is 3.87. The fraction of sp³-hybridized carbons (Fsp3) is 0.333. The molecule has 3 aromatic heterocycles. The SMILES string of the molecule is Cc1noc(C)c1CN(C)Cc1cn2cc(Cl)ccc2n1. The molecule has 0 saturated carbocycles. The quantitative estimate of drug-likeness (QED) is 0.742. The van der Waals surface area contributed by atoms with Gasteiger partial charge in [0.2, 0.25) is 0 Å². The molecule has 0 aromatic carbocycles. The minimum Gasteiger partial charge on any atom is -0.361 e. The van der Waals surface area contributed by atoms with Gasteiger partial charge in [-0.3, -0.25) is 4.90 Å². The van der Waals surface area contributed by atoms with Gasteiger partial charge < -0.3 is 8.92 Å². The van der Waals surface area contributed by atoms with Crippen molar-refractivity contribution in [3.8, 4) is 0 Å². The van der Waals surface area contributed by atoms with Crippen LogP contribution in [0.1, 0.15) is 22.7 Å². The molecule has 6 heteroatoms. The lowest BCUT2D eigenvalue weighted by Gasteiger charge is -2.14. The molecule has 3 rings (SSSR count). The maximum absolute atomic E-state index is 5.99. The number of fused-ring (bicyclic) bond motifs is 1. The van der Waals surface area contributed by atoms with Gasteiger partial charge in [0.25, 0.3) is 0 Å². The summed E-state index contributed by atoms with van der Waals surface area (Å²) in [6.45, 7) is 5.45. The third-order valence-corrected chi connectivity index (χ3v) is 3.73. The number of halogens is 1. The molecule has 3 heterocycles. The molecule has 21 heavy (non-hydrogen) atoms. The molecule has 5 nitrogen and oxygen atoms in total. The molecule has 0 N–H and O–H groups in total. The fourth-order valence-corrected chi connectivity index (χ4v) is 2.59. The van der Waals surface area contributed by atoms with Crippen LogP contribution in [0, 0.1) is 13.8 Å². The van der Waals surface area contributed by atoms with Gasteiger partial charge in [0.1, 0.15) is 11.4 Å². The van der Waals surface area contributed by atoms with Gasteiger partial charge in [-0.25, -0.2) is 4.98 Å². The number of hydrogen-bond donors (Lipinski definition) is 0. The zero-order chi connectivity index (χ0) is 15.0. The first-order valence-corrected chi connectivity index (χ1v) is 7.14. The smallest absolute Gasteiger partial charge is 0.138 e. The van der Waals surface area contributed by atoms with Crippen molar-refractivity contribution >= 4 is 17.2 Å². The Kier molecular flexibility index (Phi) is 3.69. The van der Waals surface area contributed by atoms with Crippen molar-refractivity contribution in [1.82, 2.24) is 19.4 Å². The molecule has 0 amide bonds. The van der Waals surface area contributed by atoms with Crippen LogP contribution < -0.4 is 0 Å². The van der Waals surface area contributed by atoms with Gasteiger partial charge in [-0.15, -0.1) is 0 Å². The van der Waals surface area contributed by atoms with E-state index >= 15 is 0 Å². The maximum atomic E-state index is 5.99. The van der Waals surface area contributed by atoms with Crippen LogP contribution in [0.25, 0.3) is 5.65 Å². The van der Waals surface area contributed by atoms with Gasteiger partial charge in [-0.2, -0.15) is 0 Å².